The van der Waals surface area contributed by atoms with Crippen molar-refractivity contribution in [3.05, 3.63) is 0 Å². The van der Waals surface area contributed by atoms with Gasteiger partial charge in [-0.1, -0.05) is 33.1 Å². The molecule has 0 aromatic rings. The average molecular weight is 198 g/mol. The topological polar surface area (TPSA) is 29.3 Å². The minimum atomic E-state index is 0.443. The summed E-state index contributed by atoms with van der Waals surface area (Å²) in [5.41, 5.74) is 6.14. The lowest BCUT2D eigenvalue weighted by Gasteiger charge is -2.26. The maximum Gasteiger partial charge on any atom is 0.0247 e. The lowest BCUT2D eigenvalue weighted by atomic mass is 10.0. The largest absolute Gasteiger partial charge is 0.326 e. The highest BCUT2D eigenvalue weighted by Gasteiger charge is 2.29. The van der Waals surface area contributed by atoms with E-state index in [0.717, 1.165) is 0 Å². The summed E-state index contributed by atoms with van der Waals surface area (Å²) in [4.78, 5) is 2.61. The van der Waals surface area contributed by atoms with E-state index in [-0.39, 0.29) is 0 Å². The van der Waals surface area contributed by atoms with Crippen LogP contribution in [0.15, 0.2) is 0 Å². The summed E-state index contributed by atoms with van der Waals surface area (Å²) in [6.07, 6.45) is 7.77. The predicted octanol–water partition coefficient (Wildman–Crippen LogP) is 2.38. The number of rotatable bonds is 6. The zero-order valence-electron chi connectivity index (χ0n) is 9.84. The number of unbranched alkanes of at least 4 members (excludes halogenated alkanes) is 2. The minimum absolute atomic E-state index is 0.443. The van der Waals surface area contributed by atoms with Gasteiger partial charge in [-0.15, -0.1) is 0 Å². The van der Waals surface area contributed by atoms with Crippen LogP contribution in [-0.4, -0.2) is 30.1 Å². The third kappa shape index (κ3) is 3.25. The minimum Gasteiger partial charge on any atom is -0.326 e. The molecule has 0 amide bonds. The normalized spacial score (nSPS) is 28.5. The molecule has 14 heavy (non-hydrogen) atoms. The molecule has 0 saturated carbocycles. The van der Waals surface area contributed by atoms with Crippen molar-refractivity contribution in [2.75, 3.05) is 13.1 Å². The first-order valence-corrected chi connectivity index (χ1v) is 6.29. The van der Waals surface area contributed by atoms with Crippen LogP contribution < -0.4 is 5.73 Å². The van der Waals surface area contributed by atoms with E-state index in [2.05, 4.69) is 18.7 Å². The molecule has 1 saturated heterocycles. The maximum absolute atomic E-state index is 6.14. The Labute approximate surface area is 88.8 Å². The second-order valence-corrected chi connectivity index (χ2v) is 4.55. The van der Waals surface area contributed by atoms with Crippen LogP contribution in [0.3, 0.4) is 0 Å². The molecule has 2 nitrogen and oxygen atoms in total. The van der Waals surface area contributed by atoms with Crippen molar-refractivity contribution < 1.29 is 0 Å². The summed E-state index contributed by atoms with van der Waals surface area (Å²) in [7, 11) is 0. The lowest BCUT2D eigenvalue weighted by molar-refractivity contribution is 0.226. The Morgan fingerprint density at radius 1 is 1.21 bits per heavy atom. The molecule has 1 heterocycles. The summed E-state index contributed by atoms with van der Waals surface area (Å²) >= 11 is 0. The summed E-state index contributed by atoms with van der Waals surface area (Å²) in [6.45, 7) is 7.02. The van der Waals surface area contributed by atoms with E-state index in [1.165, 1.54) is 51.6 Å². The van der Waals surface area contributed by atoms with Crippen molar-refractivity contribution >= 4 is 0 Å². The van der Waals surface area contributed by atoms with Gasteiger partial charge < -0.3 is 5.73 Å². The van der Waals surface area contributed by atoms with Gasteiger partial charge in [0.05, 0.1) is 0 Å². The Bertz CT molecular complexity index is 147. The van der Waals surface area contributed by atoms with Crippen LogP contribution in [0, 0.1) is 0 Å². The Kier molecular flexibility index (Phi) is 5.49. The van der Waals surface area contributed by atoms with Gasteiger partial charge >= 0.3 is 0 Å². The van der Waals surface area contributed by atoms with E-state index in [1.54, 1.807) is 0 Å². The van der Waals surface area contributed by atoms with Crippen LogP contribution in [0.25, 0.3) is 0 Å². The first kappa shape index (κ1) is 12.0. The molecule has 0 aromatic carbocycles. The number of likely N-dealkylation sites (tertiary alicyclic amines) is 1. The Balaban J connectivity index is 2.32. The van der Waals surface area contributed by atoms with Crippen LogP contribution in [0.4, 0.5) is 0 Å². The summed E-state index contributed by atoms with van der Waals surface area (Å²) in [6, 6.07) is 1.12. The van der Waals surface area contributed by atoms with Gasteiger partial charge in [-0.2, -0.15) is 0 Å². The highest BCUT2D eigenvalue weighted by molar-refractivity contribution is 4.89. The molecule has 2 N–H and O–H groups in total. The van der Waals surface area contributed by atoms with Crippen LogP contribution in [-0.2, 0) is 0 Å². The molecule has 1 aliphatic rings. The van der Waals surface area contributed by atoms with Crippen molar-refractivity contribution in [3.8, 4) is 0 Å². The molecule has 2 unspecified atom stereocenters. The molecule has 0 aliphatic carbocycles. The Morgan fingerprint density at radius 3 is 2.57 bits per heavy atom. The number of hydrogen-bond acceptors (Lipinski definition) is 2. The average Bonchev–Trinajstić information content (AvgIpc) is 2.53. The fourth-order valence-electron chi connectivity index (χ4n) is 2.39. The van der Waals surface area contributed by atoms with Gasteiger partial charge in [-0.3, -0.25) is 4.90 Å². The van der Waals surface area contributed by atoms with E-state index in [1.807, 2.05) is 0 Å². The van der Waals surface area contributed by atoms with Gasteiger partial charge in [0.1, 0.15) is 0 Å². The van der Waals surface area contributed by atoms with Crippen LogP contribution in [0.2, 0.25) is 0 Å². The molecule has 1 fully saturated rings. The van der Waals surface area contributed by atoms with Crippen LogP contribution in [0.1, 0.15) is 52.4 Å². The zero-order chi connectivity index (χ0) is 10.4. The molecular weight excluding hydrogens is 172 g/mol. The predicted molar refractivity (Wildman–Crippen MR) is 62.4 cm³/mol. The summed E-state index contributed by atoms with van der Waals surface area (Å²) < 4.78 is 0. The second kappa shape index (κ2) is 6.41. The van der Waals surface area contributed by atoms with E-state index < -0.39 is 0 Å². The number of nitrogens with two attached hydrogens (primary N) is 1. The summed E-state index contributed by atoms with van der Waals surface area (Å²) in [5.74, 6) is 0. The maximum atomic E-state index is 6.14. The molecule has 1 rings (SSSR count). The molecule has 0 bridgehead atoms. The molecule has 84 valence electrons. The number of hydrogen-bond donors (Lipinski definition) is 1. The van der Waals surface area contributed by atoms with Gasteiger partial charge in [0.2, 0.25) is 0 Å². The standard InChI is InChI=1S/C12H26N2/c1-3-5-7-12-11(13)8-10-14(12)9-6-4-2/h11-12H,3-10,13H2,1-2H3. The molecule has 2 atom stereocenters. The lowest BCUT2D eigenvalue weighted by Crippen LogP contribution is -2.39. The van der Waals surface area contributed by atoms with Crippen molar-refractivity contribution in [3.63, 3.8) is 0 Å². The summed E-state index contributed by atoms with van der Waals surface area (Å²) in [5, 5.41) is 0. The smallest absolute Gasteiger partial charge is 0.0247 e. The first-order valence-electron chi connectivity index (χ1n) is 6.29. The molecule has 0 aromatic heterocycles. The van der Waals surface area contributed by atoms with Crippen molar-refractivity contribution in [2.24, 2.45) is 5.73 Å². The van der Waals surface area contributed by atoms with E-state index in [0.29, 0.717) is 12.1 Å². The van der Waals surface area contributed by atoms with Crippen molar-refractivity contribution in [1.82, 2.24) is 4.90 Å². The van der Waals surface area contributed by atoms with Gasteiger partial charge in [0.25, 0.3) is 0 Å². The van der Waals surface area contributed by atoms with E-state index in [4.69, 9.17) is 5.73 Å². The Morgan fingerprint density at radius 2 is 1.93 bits per heavy atom. The first-order chi connectivity index (χ1) is 6.79. The van der Waals surface area contributed by atoms with Crippen molar-refractivity contribution in [2.45, 2.75) is 64.5 Å². The van der Waals surface area contributed by atoms with Crippen LogP contribution >= 0.6 is 0 Å². The molecule has 2 heteroatoms. The molecular formula is C12H26N2. The molecule has 0 spiro atoms. The van der Waals surface area contributed by atoms with Gasteiger partial charge in [-0.05, 0) is 25.8 Å². The van der Waals surface area contributed by atoms with Gasteiger partial charge in [0.15, 0.2) is 0 Å². The Hall–Kier alpha value is -0.0800. The fourth-order valence-corrected chi connectivity index (χ4v) is 2.39. The van der Waals surface area contributed by atoms with Crippen LogP contribution in [0.5, 0.6) is 0 Å². The van der Waals surface area contributed by atoms with Crippen molar-refractivity contribution in [1.29, 1.82) is 0 Å². The molecule has 1 aliphatic heterocycles. The van der Waals surface area contributed by atoms with E-state index >= 15 is 0 Å². The third-order valence-corrected chi connectivity index (χ3v) is 3.37. The highest BCUT2D eigenvalue weighted by atomic mass is 15.2. The fraction of sp³-hybridized carbons (Fsp3) is 1.00. The van der Waals surface area contributed by atoms with Gasteiger partial charge in [0, 0.05) is 18.6 Å². The SMILES string of the molecule is CCCCC1C(N)CCN1CCCC. The van der Waals surface area contributed by atoms with Gasteiger partial charge in [-0.25, -0.2) is 0 Å². The third-order valence-electron chi connectivity index (χ3n) is 3.37. The quantitative estimate of drug-likeness (QED) is 0.710. The number of nitrogens with zero attached hydrogens (tertiary/aromatic N) is 1. The molecule has 0 radical (unpaired) electrons. The highest BCUT2D eigenvalue weighted by Crippen LogP contribution is 2.21. The zero-order valence-corrected chi connectivity index (χ0v) is 9.84. The second-order valence-electron chi connectivity index (χ2n) is 4.55. The van der Waals surface area contributed by atoms with E-state index in [9.17, 15) is 0 Å². The monoisotopic (exact) mass is 198 g/mol.